The monoisotopic (exact) mass is 418 g/mol. The summed E-state index contributed by atoms with van der Waals surface area (Å²) in [5.74, 6) is 0.0412. The molecule has 1 unspecified atom stereocenters. The van der Waals surface area contributed by atoms with E-state index in [1.54, 1.807) is 0 Å². The van der Waals surface area contributed by atoms with E-state index in [-0.39, 0.29) is 39.5 Å². The molecule has 0 spiro atoms. The van der Waals surface area contributed by atoms with Gasteiger partial charge in [0.15, 0.2) is 0 Å². The van der Waals surface area contributed by atoms with Crippen LogP contribution in [-0.2, 0) is 25.3 Å². The third-order valence-corrected chi connectivity index (χ3v) is 13.8. The summed E-state index contributed by atoms with van der Waals surface area (Å²) < 4.78 is 18.6. The summed E-state index contributed by atoms with van der Waals surface area (Å²) >= 11 is 0. The van der Waals surface area contributed by atoms with Gasteiger partial charge in [0.1, 0.15) is 0 Å². The van der Waals surface area contributed by atoms with Crippen LogP contribution < -0.4 is 0 Å². The first-order valence-corrected chi connectivity index (χ1v) is 12.9. The Balaban J connectivity index is 1.94. The Labute approximate surface area is 177 Å². The lowest BCUT2D eigenvalue weighted by Gasteiger charge is -2.52. The molecule has 1 aliphatic heterocycles. The van der Waals surface area contributed by atoms with E-state index in [1.165, 1.54) is 12.7 Å². The van der Waals surface area contributed by atoms with Gasteiger partial charge in [-0.2, -0.15) is 0 Å². The molecular formula is C24H38O4Si. The van der Waals surface area contributed by atoms with E-state index in [0.717, 1.165) is 12.8 Å². The molecule has 4 atom stereocenters. The van der Waals surface area contributed by atoms with Gasteiger partial charge in [0, 0.05) is 17.6 Å². The van der Waals surface area contributed by atoms with E-state index in [0.29, 0.717) is 13.2 Å². The van der Waals surface area contributed by atoms with Crippen LogP contribution in [0.1, 0.15) is 59.9 Å². The molecule has 0 N–H and O–H groups in total. The Morgan fingerprint density at radius 1 is 1.07 bits per heavy atom. The lowest BCUT2D eigenvalue weighted by molar-refractivity contribution is -0.147. The van der Waals surface area contributed by atoms with Crippen LogP contribution in [0, 0.1) is 11.8 Å². The molecule has 1 saturated heterocycles. The van der Waals surface area contributed by atoms with Gasteiger partial charge in [-0.1, -0.05) is 71.9 Å². The Kier molecular flexibility index (Phi) is 6.33. The number of methoxy groups -OCH3 is 1. The fourth-order valence-corrected chi connectivity index (χ4v) is 13.8. The lowest BCUT2D eigenvalue weighted by Crippen LogP contribution is -2.57. The zero-order valence-corrected chi connectivity index (χ0v) is 20.2. The first-order chi connectivity index (χ1) is 13.5. The van der Waals surface area contributed by atoms with Crippen molar-refractivity contribution in [1.82, 2.24) is 0 Å². The van der Waals surface area contributed by atoms with Crippen molar-refractivity contribution < 1.29 is 18.7 Å². The molecule has 1 aliphatic carbocycles. The van der Waals surface area contributed by atoms with E-state index < -0.39 is 8.32 Å². The molecule has 1 aromatic rings. The van der Waals surface area contributed by atoms with Crippen LogP contribution >= 0.6 is 0 Å². The number of carbonyl (C=O) groups is 1. The summed E-state index contributed by atoms with van der Waals surface area (Å²) in [6.45, 7) is 15.2. The minimum absolute atomic E-state index is 0.0387. The van der Waals surface area contributed by atoms with Gasteiger partial charge in [-0.25, -0.2) is 0 Å². The number of benzene rings is 1. The van der Waals surface area contributed by atoms with E-state index in [9.17, 15) is 4.79 Å². The second kappa shape index (κ2) is 8.16. The lowest BCUT2D eigenvalue weighted by atomic mass is 9.91. The molecule has 2 fully saturated rings. The number of hydrogen-bond donors (Lipinski definition) is 0. The molecule has 0 amide bonds. The third-order valence-electron chi connectivity index (χ3n) is 7.12. The summed E-state index contributed by atoms with van der Waals surface area (Å²) in [7, 11) is -0.828. The van der Waals surface area contributed by atoms with Crippen LogP contribution in [0.25, 0.3) is 0 Å². The van der Waals surface area contributed by atoms with Crippen LogP contribution in [0.15, 0.2) is 30.3 Å². The zero-order chi connectivity index (χ0) is 21.4. The molecule has 2 aliphatic rings. The van der Waals surface area contributed by atoms with Crippen LogP contribution in [-0.4, -0.2) is 34.1 Å². The van der Waals surface area contributed by atoms with E-state index >= 15 is 0 Å². The second-order valence-corrected chi connectivity index (χ2v) is 16.2. The van der Waals surface area contributed by atoms with E-state index in [4.69, 9.17) is 13.9 Å². The topological polar surface area (TPSA) is 44.8 Å². The van der Waals surface area contributed by atoms with Gasteiger partial charge in [-0.05, 0) is 28.5 Å². The second-order valence-electron chi connectivity index (χ2n) is 10.8. The predicted molar refractivity (Wildman–Crippen MR) is 118 cm³/mol. The molecule has 162 valence electrons. The summed E-state index contributed by atoms with van der Waals surface area (Å²) in [6.07, 6.45) is 1.95. The van der Waals surface area contributed by atoms with Crippen molar-refractivity contribution in [1.29, 1.82) is 0 Å². The highest BCUT2D eigenvalue weighted by atomic mass is 28.4. The Hall–Kier alpha value is -1.17. The van der Waals surface area contributed by atoms with Gasteiger partial charge < -0.3 is 13.9 Å². The zero-order valence-electron chi connectivity index (χ0n) is 19.2. The highest BCUT2D eigenvalue weighted by molar-refractivity contribution is 6.81. The highest BCUT2D eigenvalue weighted by Crippen LogP contribution is 2.67. The van der Waals surface area contributed by atoms with E-state index in [2.05, 4.69) is 53.7 Å². The summed E-state index contributed by atoms with van der Waals surface area (Å²) in [6, 6.07) is 10.3. The van der Waals surface area contributed by atoms with Crippen LogP contribution in [0.2, 0.25) is 15.6 Å². The van der Waals surface area contributed by atoms with Crippen molar-refractivity contribution in [3.63, 3.8) is 0 Å². The molecular weight excluding hydrogens is 380 g/mol. The van der Waals surface area contributed by atoms with Gasteiger partial charge in [-0.15, -0.1) is 0 Å². The molecule has 1 heterocycles. The van der Waals surface area contributed by atoms with Crippen molar-refractivity contribution in [3.05, 3.63) is 35.9 Å². The minimum atomic E-state index is -2.33. The molecule has 5 heteroatoms. The Morgan fingerprint density at radius 3 is 2.24 bits per heavy atom. The summed E-state index contributed by atoms with van der Waals surface area (Å²) in [5.41, 5.74) is 1.44. The molecule has 0 radical (unpaired) electrons. The van der Waals surface area contributed by atoms with Crippen molar-refractivity contribution in [2.24, 2.45) is 11.8 Å². The normalized spacial score (nSPS) is 28.9. The number of esters is 1. The minimum Gasteiger partial charge on any atom is -0.469 e. The standard InChI is InChI=1S/C24H38O4Si/c1-23(2,3)29(24(4,5)6)20(16-27-15-17-11-9-8-10-12-17)21-18(22(25)26-7)13-14-19(21)28-29/h8-12,18-21H,13-16H2,1-7H3/t18?,19-,20+,21+/m1/s1. The van der Waals surface area contributed by atoms with Gasteiger partial charge in [0.2, 0.25) is 8.32 Å². The van der Waals surface area contributed by atoms with Crippen LogP contribution in [0.3, 0.4) is 0 Å². The van der Waals surface area contributed by atoms with Gasteiger partial charge in [-0.3, -0.25) is 4.79 Å². The smallest absolute Gasteiger partial charge is 0.309 e. The molecule has 1 aromatic carbocycles. The number of hydrogen-bond acceptors (Lipinski definition) is 4. The van der Waals surface area contributed by atoms with Gasteiger partial charge >= 0.3 is 5.97 Å². The summed E-state index contributed by atoms with van der Waals surface area (Å²) in [5, 5.41) is 0.0774. The maximum Gasteiger partial charge on any atom is 0.309 e. The fourth-order valence-electron chi connectivity index (χ4n) is 6.39. The fraction of sp³-hybridized carbons (Fsp3) is 0.708. The number of carbonyl (C=O) groups excluding carboxylic acids is 1. The third kappa shape index (κ3) is 3.93. The molecule has 0 bridgehead atoms. The Bertz CT molecular complexity index is 690. The number of rotatable bonds is 5. The van der Waals surface area contributed by atoms with Gasteiger partial charge in [0.25, 0.3) is 0 Å². The number of ether oxygens (including phenoxy) is 2. The highest BCUT2D eigenvalue weighted by Gasteiger charge is 2.70. The maximum absolute atomic E-state index is 12.6. The quantitative estimate of drug-likeness (QED) is 0.453. The molecule has 1 saturated carbocycles. The molecule has 4 nitrogen and oxygen atoms in total. The first-order valence-electron chi connectivity index (χ1n) is 10.9. The summed E-state index contributed by atoms with van der Waals surface area (Å²) in [4.78, 5) is 12.6. The van der Waals surface area contributed by atoms with Crippen LogP contribution in [0.4, 0.5) is 0 Å². The molecule has 0 aromatic heterocycles. The Morgan fingerprint density at radius 2 is 1.69 bits per heavy atom. The molecule has 3 rings (SSSR count). The maximum atomic E-state index is 12.6. The largest absolute Gasteiger partial charge is 0.469 e. The predicted octanol–water partition coefficient (Wildman–Crippen LogP) is 5.72. The van der Waals surface area contributed by atoms with Crippen molar-refractivity contribution >= 4 is 14.3 Å². The van der Waals surface area contributed by atoms with Crippen molar-refractivity contribution in [2.75, 3.05) is 13.7 Å². The average molecular weight is 419 g/mol. The number of fused-ring (bicyclic) bond motifs is 1. The van der Waals surface area contributed by atoms with Crippen molar-refractivity contribution in [2.45, 2.75) is 82.7 Å². The SMILES string of the molecule is COC(=O)C1CC[C@H]2O[Si](C(C)(C)C)(C(C)(C)C)[C@@H](COCc3ccccc3)[C@@H]12. The molecule has 29 heavy (non-hydrogen) atoms. The average Bonchev–Trinajstić information content (AvgIpc) is 3.19. The van der Waals surface area contributed by atoms with Crippen molar-refractivity contribution in [3.8, 4) is 0 Å². The van der Waals surface area contributed by atoms with Gasteiger partial charge in [0.05, 0.1) is 26.2 Å². The first kappa shape index (κ1) is 22.5. The van der Waals surface area contributed by atoms with E-state index in [1.807, 2.05) is 18.2 Å². The van der Waals surface area contributed by atoms with Crippen LogP contribution in [0.5, 0.6) is 0 Å².